The van der Waals surface area contributed by atoms with Crippen LogP contribution in [0.2, 0.25) is 0 Å². The number of carboxylic acids is 1. The zero-order chi connectivity index (χ0) is 12.4. The second-order valence-corrected chi connectivity index (χ2v) is 4.39. The molecule has 4 nitrogen and oxygen atoms in total. The van der Waals surface area contributed by atoms with Crippen LogP contribution >= 0.6 is 0 Å². The van der Waals surface area contributed by atoms with E-state index in [2.05, 4.69) is 0 Å². The Labute approximate surface area is 101 Å². The van der Waals surface area contributed by atoms with Crippen LogP contribution in [-0.4, -0.2) is 30.4 Å². The van der Waals surface area contributed by atoms with Gasteiger partial charge in [0.15, 0.2) is 0 Å². The number of hydrogen-bond acceptors (Lipinski definition) is 3. The minimum absolute atomic E-state index is 0.155. The molecule has 1 aromatic carbocycles. The summed E-state index contributed by atoms with van der Waals surface area (Å²) in [5.41, 5.74) is 1.12. The van der Waals surface area contributed by atoms with Gasteiger partial charge in [-0.15, -0.1) is 0 Å². The van der Waals surface area contributed by atoms with Crippen molar-refractivity contribution in [2.24, 2.45) is 0 Å². The van der Waals surface area contributed by atoms with Crippen LogP contribution in [0.1, 0.15) is 30.6 Å². The van der Waals surface area contributed by atoms with Crippen LogP contribution in [0.5, 0.6) is 0 Å². The molecular weight excluding hydrogens is 219 g/mol. The first kappa shape index (κ1) is 12.1. The molecule has 1 heterocycles. The van der Waals surface area contributed by atoms with Gasteiger partial charge in [0.2, 0.25) is 0 Å². The van der Waals surface area contributed by atoms with Crippen LogP contribution in [0.3, 0.4) is 0 Å². The van der Waals surface area contributed by atoms with Gasteiger partial charge in [-0.25, -0.2) is 4.79 Å². The lowest BCUT2D eigenvalue weighted by molar-refractivity contribution is 0.0403. The summed E-state index contributed by atoms with van der Waals surface area (Å²) in [4.78, 5) is 10.7. The molecule has 0 aliphatic carbocycles. The fourth-order valence-corrected chi connectivity index (χ4v) is 1.97. The molecule has 1 aliphatic rings. The zero-order valence-electron chi connectivity index (χ0n) is 9.92. The van der Waals surface area contributed by atoms with Gasteiger partial charge in [0.1, 0.15) is 0 Å². The fourth-order valence-electron chi connectivity index (χ4n) is 1.97. The second kappa shape index (κ2) is 4.90. The molecule has 0 amide bonds. The predicted molar refractivity (Wildman–Crippen MR) is 64.5 cm³/mol. The van der Waals surface area contributed by atoms with Crippen LogP contribution < -0.4 is 5.46 Å². The average molecular weight is 234 g/mol. The summed E-state index contributed by atoms with van der Waals surface area (Å²) in [7, 11) is -0.392. The van der Waals surface area contributed by atoms with E-state index in [1.54, 1.807) is 24.3 Å². The van der Waals surface area contributed by atoms with E-state index in [1.807, 2.05) is 13.8 Å². The minimum atomic E-state index is -0.927. The Morgan fingerprint density at radius 1 is 1.24 bits per heavy atom. The summed E-state index contributed by atoms with van der Waals surface area (Å²) in [6, 6.07) is 6.60. The molecule has 2 rings (SSSR count). The maximum atomic E-state index is 10.7. The lowest BCUT2D eigenvalue weighted by atomic mass is 9.76. The van der Waals surface area contributed by atoms with E-state index in [9.17, 15) is 4.79 Å². The normalized spacial score (nSPS) is 24.7. The van der Waals surface area contributed by atoms with Crippen molar-refractivity contribution >= 4 is 18.6 Å². The Kier molecular flexibility index (Phi) is 3.50. The monoisotopic (exact) mass is 234 g/mol. The van der Waals surface area contributed by atoms with E-state index >= 15 is 0 Å². The van der Waals surface area contributed by atoms with Crippen molar-refractivity contribution in [2.75, 3.05) is 0 Å². The summed E-state index contributed by atoms with van der Waals surface area (Å²) in [5, 5.41) is 8.81. The predicted octanol–water partition coefficient (Wildman–Crippen LogP) is 1.29. The fraction of sp³-hybridized carbons (Fsp3) is 0.417. The lowest BCUT2D eigenvalue weighted by Crippen LogP contribution is -2.46. The average Bonchev–Trinajstić information content (AvgIpc) is 2.28. The van der Waals surface area contributed by atoms with Crippen molar-refractivity contribution in [1.82, 2.24) is 0 Å². The smallest absolute Gasteiger partial charge is 0.478 e. The quantitative estimate of drug-likeness (QED) is 0.783. The van der Waals surface area contributed by atoms with Gasteiger partial charge in [0, 0.05) is 12.2 Å². The summed E-state index contributed by atoms with van der Waals surface area (Å²) >= 11 is 0. The standard InChI is InChI=1S/C12H15BO4/c1-8-7-9(2)17-13(16-8)11-5-3-10(4-6-11)12(14)15/h3-6,8-9H,7H2,1-2H3,(H,14,15)/t8-,9-/m1/s1. The second-order valence-electron chi connectivity index (χ2n) is 4.39. The zero-order valence-corrected chi connectivity index (χ0v) is 9.92. The van der Waals surface area contributed by atoms with Crippen LogP contribution in [-0.2, 0) is 9.31 Å². The van der Waals surface area contributed by atoms with Gasteiger partial charge in [-0.2, -0.15) is 0 Å². The third-order valence-electron chi connectivity index (χ3n) is 2.81. The first-order chi connectivity index (χ1) is 8.06. The maximum Gasteiger partial charge on any atom is 0.494 e. The van der Waals surface area contributed by atoms with E-state index in [-0.39, 0.29) is 17.8 Å². The molecule has 1 N–H and O–H groups in total. The Hall–Kier alpha value is -1.33. The van der Waals surface area contributed by atoms with E-state index in [0.29, 0.717) is 0 Å². The third-order valence-corrected chi connectivity index (χ3v) is 2.81. The maximum absolute atomic E-state index is 10.7. The number of benzene rings is 1. The molecule has 0 aromatic heterocycles. The number of carboxylic acid groups (broad SMARTS) is 1. The summed E-state index contributed by atoms with van der Waals surface area (Å²) in [5.74, 6) is -0.927. The molecule has 0 bridgehead atoms. The van der Waals surface area contributed by atoms with E-state index in [1.165, 1.54) is 0 Å². The van der Waals surface area contributed by atoms with Crippen molar-refractivity contribution in [1.29, 1.82) is 0 Å². The van der Waals surface area contributed by atoms with Crippen molar-refractivity contribution < 1.29 is 19.2 Å². The Morgan fingerprint density at radius 3 is 2.24 bits per heavy atom. The van der Waals surface area contributed by atoms with Gasteiger partial charge in [-0.05, 0) is 37.9 Å². The van der Waals surface area contributed by atoms with Crippen molar-refractivity contribution in [3.05, 3.63) is 29.8 Å². The van der Waals surface area contributed by atoms with Gasteiger partial charge < -0.3 is 14.4 Å². The Morgan fingerprint density at radius 2 is 1.76 bits per heavy atom. The van der Waals surface area contributed by atoms with E-state index in [0.717, 1.165) is 11.9 Å². The van der Waals surface area contributed by atoms with Crippen molar-refractivity contribution in [3.8, 4) is 0 Å². The first-order valence-corrected chi connectivity index (χ1v) is 5.70. The molecule has 0 unspecified atom stereocenters. The molecule has 0 saturated carbocycles. The van der Waals surface area contributed by atoms with Gasteiger partial charge in [0.25, 0.3) is 0 Å². The van der Waals surface area contributed by atoms with Crippen molar-refractivity contribution in [3.63, 3.8) is 0 Å². The van der Waals surface area contributed by atoms with Gasteiger partial charge in [-0.1, -0.05) is 12.1 Å². The van der Waals surface area contributed by atoms with E-state index in [4.69, 9.17) is 14.4 Å². The topological polar surface area (TPSA) is 55.8 Å². The summed E-state index contributed by atoms with van der Waals surface area (Å²) in [6.45, 7) is 4.02. The molecule has 2 atom stereocenters. The van der Waals surface area contributed by atoms with Crippen LogP contribution in [0.25, 0.3) is 0 Å². The summed E-state index contributed by atoms with van der Waals surface area (Å²) in [6.07, 6.45) is 1.19. The number of aromatic carboxylic acids is 1. The van der Waals surface area contributed by atoms with Gasteiger partial charge in [0.05, 0.1) is 5.56 Å². The number of rotatable bonds is 2. The molecule has 1 aliphatic heterocycles. The molecule has 17 heavy (non-hydrogen) atoms. The summed E-state index contributed by atoms with van der Waals surface area (Å²) < 4.78 is 11.3. The van der Waals surface area contributed by atoms with E-state index < -0.39 is 13.1 Å². The molecular formula is C12H15BO4. The lowest BCUT2D eigenvalue weighted by Gasteiger charge is -2.30. The highest BCUT2D eigenvalue weighted by molar-refractivity contribution is 6.61. The Balaban J connectivity index is 2.14. The van der Waals surface area contributed by atoms with Crippen LogP contribution in [0.4, 0.5) is 0 Å². The highest BCUT2D eigenvalue weighted by atomic mass is 16.6. The highest BCUT2D eigenvalue weighted by Gasteiger charge is 2.31. The largest absolute Gasteiger partial charge is 0.494 e. The third kappa shape index (κ3) is 2.87. The Bertz CT molecular complexity index is 393. The SMILES string of the molecule is C[C@@H]1C[C@@H](C)OB(c2ccc(C(=O)O)cc2)O1. The van der Waals surface area contributed by atoms with Crippen molar-refractivity contribution in [2.45, 2.75) is 32.5 Å². The van der Waals surface area contributed by atoms with Gasteiger partial charge in [-0.3, -0.25) is 0 Å². The molecule has 1 aromatic rings. The highest BCUT2D eigenvalue weighted by Crippen LogP contribution is 2.15. The molecule has 90 valence electrons. The van der Waals surface area contributed by atoms with Crippen LogP contribution in [0, 0.1) is 0 Å². The number of hydrogen-bond donors (Lipinski definition) is 1. The molecule has 0 spiro atoms. The van der Waals surface area contributed by atoms with Gasteiger partial charge >= 0.3 is 13.1 Å². The molecule has 5 heteroatoms. The molecule has 1 saturated heterocycles. The first-order valence-electron chi connectivity index (χ1n) is 5.70. The molecule has 1 fully saturated rings. The molecule has 0 radical (unpaired) electrons. The minimum Gasteiger partial charge on any atom is -0.478 e. The number of carbonyl (C=O) groups is 1. The van der Waals surface area contributed by atoms with Crippen LogP contribution in [0.15, 0.2) is 24.3 Å².